The topological polar surface area (TPSA) is 61.4 Å². The van der Waals surface area contributed by atoms with Crippen molar-refractivity contribution in [2.75, 3.05) is 37.0 Å². The number of hydrogen-bond acceptors (Lipinski definition) is 4. The first-order chi connectivity index (χ1) is 13.2. The summed E-state index contributed by atoms with van der Waals surface area (Å²) in [5.41, 5.74) is -0.112. The molecule has 0 aliphatic carbocycles. The van der Waals surface area contributed by atoms with Gasteiger partial charge >= 0.3 is 6.18 Å². The Morgan fingerprint density at radius 1 is 1.00 bits per heavy atom. The van der Waals surface area contributed by atoms with Gasteiger partial charge < -0.3 is 10.6 Å². The number of para-hydroxylation sites is 1. The molecule has 0 heterocycles. The van der Waals surface area contributed by atoms with Crippen molar-refractivity contribution in [3.8, 4) is 0 Å². The van der Waals surface area contributed by atoms with Crippen LogP contribution in [0.25, 0.3) is 0 Å². The van der Waals surface area contributed by atoms with Crippen molar-refractivity contribution in [3.05, 3.63) is 54.1 Å². The largest absolute Gasteiger partial charge is 0.416 e. The average molecular weight is 411 g/mol. The summed E-state index contributed by atoms with van der Waals surface area (Å²) in [4.78, 5) is 26.6. The summed E-state index contributed by atoms with van der Waals surface area (Å²) in [5, 5.41) is 5.19. The molecule has 0 fully saturated rings. The van der Waals surface area contributed by atoms with Crippen LogP contribution in [-0.2, 0) is 15.8 Å². The van der Waals surface area contributed by atoms with E-state index < -0.39 is 17.6 Å². The van der Waals surface area contributed by atoms with Gasteiger partial charge in [0, 0.05) is 10.6 Å². The van der Waals surface area contributed by atoms with Gasteiger partial charge in [-0.15, -0.1) is 11.8 Å². The average Bonchev–Trinajstić information content (AvgIpc) is 2.61. The molecule has 0 saturated carbocycles. The molecule has 0 spiro atoms. The van der Waals surface area contributed by atoms with Crippen molar-refractivity contribution in [2.45, 2.75) is 11.1 Å². The number of nitrogens with zero attached hydrogens (tertiary/aromatic N) is 1. The maximum absolute atomic E-state index is 12.7. The lowest BCUT2D eigenvalue weighted by Crippen LogP contribution is -2.36. The molecule has 2 N–H and O–H groups in total. The van der Waals surface area contributed by atoms with E-state index in [1.165, 1.54) is 28.8 Å². The second-order valence-electron chi connectivity index (χ2n) is 6.05. The molecule has 9 heteroatoms. The molecule has 0 unspecified atom stereocenters. The molecule has 2 rings (SSSR count). The van der Waals surface area contributed by atoms with E-state index in [0.29, 0.717) is 5.69 Å². The summed E-state index contributed by atoms with van der Waals surface area (Å²) >= 11 is 1.50. The van der Waals surface area contributed by atoms with E-state index in [-0.39, 0.29) is 24.7 Å². The summed E-state index contributed by atoms with van der Waals surface area (Å²) in [6.07, 6.45) is -2.59. The van der Waals surface area contributed by atoms with E-state index in [1.54, 1.807) is 13.1 Å². The molecular formula is C19H20F3N3O2S. The summed E-state index contributed by atoms with van der Waals surface area (Å²) in [6.45, 7) is -0.188. The third kappa shape index (κ3) is 6.58. The number of carbonyl (C=O) groups is 2. The van der Waals surface area contributed by atoms with Crippen molar-refractivity contribution < 1.29 is 22.8 Å². The Hall–Kier alpha value is -2.52. The molecule has 0 aromatic heterocycles. The zero-order valence-electron chi connectivity index (χ0n) is 15.3. The molecular weight excluding hydrogens is 391 g/mol. The molecule has 0 bridgehead atoms. The minimum absolute atomic E-state index is 0.0429. The molecule has 28 heavy (non-hydrogen) atoms. The van der Waals surface area contributed by atoms with Gasteiger partial charge in [-0.1, -0.05) is 18.2 Å². The number of benzene rings is 2. The Kier molecular flexibility index (Phi) is 7.47. The van der Waals surface area contributed by atoms with Crippen LogP contribution in [0, 0.1) is 0 Å². The zero-order chi connectivity index (χ0) is 20.7. The number of alkyl halides is 3. The fourth-order valence-corrected chi connectivity index (χ4v) is 3.01. The number of carbonyl (C=O) groups excluding carboxylic acids is 2. The van der Waals surface area contributed by atoms with E-state index in [9.17, 15) is 22.8 Å². The molecule has 0 saturated heterocycles. The highest BCUT2D eigenvalue weighted by molar-refractivity contribution is 7.98. The number of nitrogens with one attached hydrogen (secondary N) is 2. The predicted molar refractivity (Wildman–Crippen MR) is 104 cm³/mol. The molecule has 0 aliphatic rings. The van der Waals surface area contributed by atoms with Gasteiger partial charge in [-0.25, -0.2) is 0 Å². The SMILES string of the molecule is CSc1ccccc1NC(=O)CN(C)CC(=O)Nc1cccc(C(F)(F)F)c1. The van der Waals surface area contributed by atoms with Crippen LogP contribution in [0.1, 0.15) is 5.56 Å². The van der Waals surface area contributed by atoms with Gasteiger partial charge in [0.2, 0.25) is 11.8 Å². The van der Waals surface area contributed by atoms with E-state index in [2.05, 4.69) is 10.6 Å². The number of likely N-dealkylation sites (N-methyl/N-ethyl adjacent to an activating group) is 1. The van der Waals surface area contributed by atoms with Crippen LogP contribution in [0.3, 0.4) is 0 Å². The standard InChI is InChI=1S/C19H20F3N3O2S/c1-25(12-18(27)24-15-8-3-4-9-16(15)28-2)11-17(26)23-14-7-5-6-13(10-14)19(20,21)22/h3-10H,11-12H2,1-2H3,(H,23,26)(H,24,27). The monoisotopic (exact) mass is 411 g/mol. The van der Waals surface area contributed by atoms with Crippen LogP contribution in [0.4, 0.5) is 24.5 Å². The second kappa shape index (κ2) is 9.61. The fraction of sp³-hybridized carbons (Fsp3) is 0.263. The molecule has 2 aromatic rings. The summed E-state index contributed by atoms with van der Waals surface area (Å²) in [7, 11) is 1.58. The lowest BCUT2D eigenvalue weighted by atomic mass is 10.2. The molecule has 0 atom stereocenters. The number of anilines is 2. The summed E-state index contributed by atoms with van der Waals surface area (Å²) in [5.74, 6) is -0.810. The third-order valence-electron chi connectivity index (χ3n) is 3.68. The van der Waals surface area contributed by atoms with E-state index >= 15 is 0 Å². The van der Waals surface area contributed by atoms with Gasteiger partial charge in [0.05, 0.1) is 24.3 Å². The van der Waals surface area contributed by atoms with Crippen molar-refractivity contribution in [3.63, 3.8) is 0 Å². The molecule has 2 aromatic carbocycles. The molecule has 5 nitrogen and oxygen atoms in total. The summed E-state index contributed by atoms with van der Waals surface area (Å²) in [6, 6.07) is 11.7. The Bertz CT molecular complexity index is 843. The maximum atomic E-state index is 12.7. The Morgan fingerprint density at radius 2 is 1.64 bits per heavy atom. The maximum Gasteiger partial charge on any atom is 0.416 e. The highest BCUT2D eigenvalue weighted by Crippen LogP contribution is 2.30. The van der Waals surface area contributed by atoms with Crippen molar-refractivity contribution in [2.24, 2.45) is 0 Å². The number of halogens is 3. The first-order valence-corrected chi connectivity index (χ1v) is 9.50. The fourth-order valence-electron chi connectivity index (χ4n) is 2.46. The van der Waals surface area contributed by atoms with Crippen LogP contribution in [0.15, 0.2) is 53.4 Å². The molecule has 2 amide bonds. The van der Waals surface area contributed by atoms with Crippen LogP contribution < -0.4 is 10.6 Å². The molecule has 150 valence electrons. The van der Waals surface area contributed by atoms with Gasteiger partial charge in [0.25, 0.3) is 0 Å². The minimum atomic E-state index is -4.48. The lowest BCUT2D eigenvalue weighted by Gasteiger charge is -2.17. The first-order valence-electron chi connectivity index (χ1n) is 8.27. The van der Waals surface area contributed by atoms with Gasteiger partial charge in [-0.3, -0.25) is 14.5 Å². The highest BCUT2D eigenvalue weighted by Gasteiger charge is 2.30. The lowest BCUT2D eigenvalue weighted by molar-refractivity contribution is -0.137. The molecule has 0 aliphatic heterocycles. The van der Waals surface area contributed by atoms with Gasteiger partial charge in [0.1, 0.15) is 0 Å². The van der Waals surface area contributed by atoms with Gasteiger partial charge in [-0.05, 0) is 43.6 Å². The first kappa shape index (κ1) is 21.8. The molecule has 0 radical (unpaired) electrons. The number of amides is 2. The van der Waals surface area contributed by atoms with Crippen molar-refractivity contribution >= 4 is 35.0 Å². The van der Waals surface area contributed by atoms with Crippen molar-refractivity contribution in [1.29, 1.82) is 0 Å². The zero-order valence-corrected chi connectivity index (χ0v) is 16.2. The van der Waals surface area contributed by atoms with Gasteiger partial charge in [0.15, 0.2) is 0 Å². The van der Waals surface area contributed by atoms with Gasteiger partial charge in [-0.2, -0.15) is 13.2 Å². The van der Waals surface area contributed by atoms with Crippen LogP contribution >= 0.6 is 11.8 Å². The Labute approximate surface area is 165 Å². The Balaban J connectivity index is 1.88. The van der Waals surface area contributed by atoms with E-state index in [1.807, 2.05) is 24.5 Å². The van der Waals surface area contributed by atoms with E-state index in [4.69, 9.17) is 0 Å². The smallest absolute Gasteiger partial charge is 0.325 e. The van der Waals surface area contributed by atoms with Crippen LogP contribution in [0.5, 0.6) is 0 Å². The minimum Gasteiger partial charge on any atom is -0.325 e. The second-order valence-corrected chi connectivity index (χ2v) is 6.90. The quantitative estimate of drug-likeness (QED) is 0.678. The number of rotatable bonds is 7. The number of hydrogen-bond donors (Lipinski definition) is 2. The summed E-state index contributed by atoms with van der Waals surface area (Å²) < 4.78 is 38.2. The normalized spacial score (nSPS) is 11.4. The van der Waals surface area contributed by atoms with E-state index in [0.717, 1.165) is 17.0 Å². The predicted octanol–water partition coefficient (Wildman–Crippen LogP) is 3.94. The number of thioether (sulfide) groups is 1. The van der Waals surface area contributed by atoms with Crippen LogP contribution in [-0.4, -0.2) is 43.1 Å². The highest BCUT2D eigenvalue weighted by atomic mass is 32.2. The van der Waals surface area contributed by atoms with Crippen LogP contribution in [0.2, 0.25) is 0 Å². The third-order valence-corrected chi connectivity index (χ3v) is 4.48. The Morgan fingerprint density at radius 3 is 2.29 bits per heavy atom. The van der Waals surface area contributed by atoms with Crippen molar-refractivity contribution in [1.82, 2.24) is 4.90 Å².